The first-order valence-electron chi connectivity index (χ1n) is 9.14. The lowest BCUT2D eigenvalue weighted by molar-refractivity contribution is 0.0482. The summed E-state index contributed by atoms with van der Waals surface area (Å²) in [5.74, 6) is -0.725. The second-order valence-electron chi connectivity index (χ2n) is 6.87. The molecule has 0 unspecified atom stereocenters. The average molecular weight is 364 g/mol. The zero-order valence-corrected chi connectivity index (χ0v) is 16.5. The number of hydrogen-bond donors (Lipinski definition) is 0. The smallest absolute Gasteiger partial charge is 0.338 e. The molecule has 26 heavy (non-hydrogen) atoms. The quantitative estimate of drug-likeness (QED) is 0.420. The number of carbonyl (C=O) groups is 2. The highest BCUT2D eigenvalue weighted by atomic mass is 16.5. The molecule has 146 valence electrons. The van der Waals surface area contributed by atoms with Gasteiger partial charge < -0.3 is 19.3 Å². The number of unbranched alkanes of at least 4 members (excludes halogenated alkanes) is 2. The summed E-state index contributed by atoms with van der Waals surface area (Å²) in [4.78, 5) is 28.1. The molecule has 1 aromatic rings. The lowest BCUT2D eigenvalue weighted by Gasteiger charge is -2.10. The van der Waals surface area contributed by atoms with Crippen molar-refractivity contribution in [3.05, 3.63) is 35.4 Å². The van der Waals surface area contributed by atoms with Crippen molar-refractivity contribution in [3.8, 4) is 0 Å². The van der Waals surface area contributed by atoms with Gasteiger partial charge in [0.25, 0.3) is 0 Å². The summed E-state index contributed by atoms with van der Waals surface area (Å²) in [6, 6.07) is 6.41. The number of hydrogen-bond acceptors (Lipinski definition) is 6. The van der Waals surface area contributed by atoms with Crippen LogP contribution in [0.15, 0.2) is 24.3 Å². The van der Waals surface area contributed by atoms with E-state index in [4.69, 9.17) is 9.47 Å². The number of esters is 2. The Morgan fingerprint density at radius 1 is 0.692 bits per heavy atom. The molecule has 0 radical (unpaired) electrons. The van der Waals surface area contributed by atoms with Crippen LogP contribution in [0.4, 0.5) is 0 Å². The van der Waals surface area contributed by atoms with E-state index in [-0.39, 0.29) is 11.9 Å². The molecular formula is C20H32N2O4. The molecule has 0 aliphatic carbocycles. The third kappa shape index (κ3) is 9.53. The summed E-state index contributed by atoms with van der Waals surface area (Å²) >= 11 is 0. The van der Waals surface area contributed by atoms with Gasteiger partial charge in [-0.2, -0.15) is 0 Å². The molecule has 0 saturated carbocycles. The molecule has 0 aromatic heterocycles. The first-order chi connectivity index (χ1) is 12.4. The second kappa shape index (κ2) is 12.4. The van der Waals surface area contributed by atoms with Crippen LogP contribution in [0.3, 0.4) is 0 Å². The van der Waals surface area contributed by atoms with E-state index < -0.39 is 0 Å². The Kier molecular flexibility index (Phi) is 10.6. The van der Waals surface area contributed by atoms with Gasteiger partial charge in [0.2, 0.25) is 0 Å². The van der Waals surface area contributed by atoms with Gasteiger partial charge in [0.05, 0.1) is 24.3 Å². The summed E-state index contributed by atoms with van der Waals surface area (Å²) < 4.78 is 10.5. The molecule has 0 aliphatic heterocycles. The van der Waals surface area contributed by atoms with Crippen molar-refractivity contribution < 1.29 is 19.1 Å². The Labute approximate surface area is 157 Å². The zero-order valence-electron chi connectivity index (χ0n) is 16.5. The molecule has 0 fully saturated rings. The molecule has 6 nitrogen and oxygen atoms in total. The van der Waals surface area contributed by atoms with E-state index in [0.717, 1.165) is 38.8 Å². The molecule has 1 rings (SSSR count). The molecule has 1 aromatic carbocycles. The lowest BCUT2D eigenvalue weighted by atomic mass is 10.1. The van der Waals surface area contributed by atoms with Crippen LogP contribution in [0.25, 0.3) is 0 Å². The van der Waals surface area contributed by atoms with Crippen molar-refractivity contribution in [2.24, 2.45) is 0 Å². The summed E-state index contributed by atoms with van der Waals surface area (Å²) in [6.07, 6.45) is 3.64. The molecule has 0 heterocycles. The maximum Gasteiger partial charge on any atom is 0.338 e. The summed E-state index contributed by atoms with van der Waals surface area (Å²) in [6.45, 7) is 2.76. The van der Waals surface area contributed by atoms with Crippen LogP contribution in [-0.2, 0) is 9.47 Å². The van der Waals surface area contributed by atoms with Crippen molar-refractivity contribution >= 4 is 11.9 Å². The van der Waals surface area contributed by atoms with E-state index in [0.29, 0.717) is 24.3 Å². The van der Waals surface area contributed by atoms with Crippen molar-refractivity contribution in [3.63, 3.8) is 0 Å². The van der Waals surface area contributed by atoms with Gasteiger partial charge >= 0.3 is 11.9 Å². The molecule has 0 N–H and O–H groups in total. The largest absolute Gasteiger partial charge is 0.462 e. The van der Waals surface area contributed by atoms with E-state index in [2.05, 4.69) is 9.80 Å². The van der Waals surface area contributed by atoms with Crippen LogP contribution in [0.1, 0.15) is 46.4 Å². The second-order valence-corrected chi connectivity index (χ2v) is 6.87. The highest BCUT2D eigenvalue weighted by molar-refractivity contribution is 5.93. The number of ether oxygens (including phenoxy) is 2. The van der Waals surface area contributed by atoms with Crippen LogP contribution in [-0.4, -0.2) is 76.2 Å². The molecule has 0 saturated heterocycles. The third-order valence-electron chi connectivity index (χ3n) is 3.82. The minimum Gasteiger partial charge on any atom is -0.462 e. The first-order valence-corrected chi connectivity index (χ1v) is 9.14. The van der Waals surface area contributed by atoms with Gasteiger partial charge in [0.15, 0.2) is 0 Å². The monoisotopic (exact) mass is 364 g/mol. The topological polar surface area (TPSA) is 59.1 Å². The molecule has 0 spiro atoms. The van der Waals surface area contributed by atoms with Crippen molar-refractivity contribution in [1.82, 2.24) is 9.80 Å². The first kappa shape index (κ1) is 22.1. The Morgan fingerprint density at radius 3 is 1.35 bits per heavy atom. The van der Waals surface area contributed by atoms with Crippen LogP contribution in [0.2, 0.25) is 0 Å². The van der Waals surface area contributed by atoms with E-state index in [1.165, 1.54) is 0 Å². The molecule has 0 aliphatic rings. The predicted molar refractivity (Wildman–Crippen MR) is 103 cm³/mol. The van der Waals surface area contributed by atoms with E-state index >= 15 is 0 Å². The van der Waals surface area contributed by atoms with Gasteiger partial charge in [-0.15, -0.1) is 0 Å². The zero-order chi connectivity index (χ0) is 19.4. The molecule has 0 amide bonds. The SMILES string of the molecule is CN(C)CCCCOC(=O)c1ccc(C(=O)OCCCCN(C)C)cc1. The van der Waals surface area contributed by atoms with Crippen molar-refractivity contribution in [1.29, 1.82) is 0 Å². The lowest BCUT2D eigenvalue weighted by Crippen LogP contribution is -2.14. The Bertz CT molecular complexity index is 492. The molecule has 0 atom stereocenters. The maximum atomic E-state index is 12.0. The number of carbonyl (C=O) groups excluding carboxylic acids is 2. The minimum absolute atomic E-state index is 0.363. The summed E-state index contributed by atoms with van der Waals surface area (Å²) in [5, 5.41) is 0. The standard InChI is InChI=1S/C20H32N2O4/c1-21(2)13-5-7-15-25-19(23)17-9-11-18(12-10-17)20(24)26-16-8-6-14-22(3)4/h9-12H,5-8,13-16H2,1-4H3. The van der Waals surface area contributed by atoms with Crippen LogP contribution in [0, 0.1) is 0 Å². The highest BCUT2D eigenvalue weighted by Crippen LogP contribution is 2.08. The van der Waals surface area contributed by atoms with Gasteiger partial charge in [-0.05, 0) is 91.2 Å². The van der Waals surface area contributed by atoms with Gasteiger partial charge in [-0.1, -0.05) is 0 Å². The van der Waals surface area contributed by atoms with Crippen LogP contribution >= 0.6 is 0 Å². The number of benzene rings is 1. The van der Waals surface area contributed by atoms with Crippen molar-refractivity contribution in [2.75, 3.05) is 54.5 Å². The highest BCUT2D eigenvalue weighted by Gasteiger charge is 2.11. The van der Waals surface area contributed by atoms with Crippen LogP contribution in [0.5, 0.6) is 0 Å². The Morgan fingerprint density at radius 2 is 1.04 bits per heavy atom. The molecule has 6 heteroatoms. The van der Waals surface area contributed by atoms with Gasteiger partial charge in [-0.25, -0.2) is 9.59 Å². The normalized spacial score (nSPS) is 11.0. The molecule has 0 bridgehead atoms. The fraction of sp³-hybridized carbons (Fsp3) is 0.600. The Hall–Kier alpha value is -1.92. The maximum absolute atomic E-state index is 12.0. The van der Waals surface area contributed by atoms with E-state index in [1.807, 2.05) is 28.2 Å². The summed E-state index contributed by atoms with van der Waals surface area (Å²) in [5.41, 5.74) is 0.889. The van der Waals surface area contributed by atoms with Crippen molar-refractivity contribution in [2.45, 2.75) is 25.7 Å². The Balaban J connectivity index is 2.30. The van der Waals surface area contributed by atoms with Gasteiger partial charge in [0, 0.05) is 0 Å². The van der Waals surface area contributed by atoms with Crippen LogP contribution < -0.4 is 0 Å². The summed E-state index contributed by atoms with van der Waals surface area (Å²) in [7, 11) is 8.06. The van der Waals surface area contributed by atoms with Gasteiger partial charge in [-0.3, -0.25) is 0 Å². The number of nitrogens with zero attached hydrogens (tertiary/aromatic N) is 2. The fourth-order valence-electron chi connectivity index (χ4n) is 2.30. The third-order valence-corrected chi connectivity index (χ3v) is 3.82. The van der Waals surface area contributed by atoms with E-state index in [9.17, 15) is 9.59 Å². The van der Waals surface area contributed by atoms with E-state index in [1.54, 1.807) is 24.3 Å². The fourth-order valence-corrected chi connectivity index (χ4v) is 2.30. The van der Waals surface area contributed by atoms with Gasteiger partial charge in [0.1, 0.15) is 0 Å². The molecular weight excluding hydrogens is 332 g/mol. The number of rotatable bonds is 12. The predicted octanol–water partition coefficient (Wildman–Crippen LogP) is 2.68. The minimum atomic E-state index is -0.363. The average Bonchev–Trinajstić information content (AvgIpc) is 2.60.